The molecule has 1 N–H and O–H groups in total. The van der Waals surface area contributed by atoms with Gasteiger partial charge in [-0.1, -0.05) is 42.5 Å². The van der Waals surface area contributed by atoms with E-state index in [9.17, 15) is 4.79 Å². The lowest BCUT2D eigenvalue weighted by atomic mass is 10.1. The molecule has 0 bridgehead atoms. The Morgan fingerprint density at radius 2 is 1.73 bits per heavy atom. The molecule has 3 aromatic carbocycles. The largest absolute Gasteiger partial charge is 0.489 e. The summed E-state index contributed by atoms with van der Waals surface area (Å²) in [5, 5.41) is 3.87. The van der Waals surface area contributed by atoms with Crippen molar-refractivity contribution in [2.75, 3.05) is 5.32 Å². The molecule has 4 aromatic rings. The minimum atomic E-state index is -0.154. The van der Waals surface area contributed by atoms with Gasteiger partial charge < -0.3 is 14.6 Å². The Labute approximate surface area is 179 Å². The van der Waals surface area contributed by atoms with Gasteiger partial charge in [0, 0.05) is 29.9 Å². The predicted molar refractivity (Wildman–Crippen MR) is 119 cm³/mol. The summed E-state index contributed by atoms with van der Waals surface area (Å²) in [6, 6.07) is 24.8. The molecule has 30 heavy (non-hydrogen) atoms. The molecule has 1 heterocycles. The lowest BCUT2D eigenvalue weighted by Crippen LogP contribution is -2.12. The average Bonchev–Trinajstić information content (AvgIpc) is 3.19. The molecule has 6 heteroatoms. The minimum Gasteiger partial charge on any atom is -0.489 e. The van der Waals surface area contributed by atoms with Gasteiger partial charge in [-0.05, 0) is 53.7 Å². The van der Waals surface area contributed by atoms with Crippen LogP contribution in [0, 0.1) is 0 Å². The van der Waals surface area contributed by atoms with Gasteiger partial charge in [0.1, 0.15) is 12.4 Å². The number of nitrogens with zero attached hydrogens (tertiary/aromatic N) is 2. The summed E-state index contributed by atoms with van der Waals surface area (Å²) in [7, 11) is 1.94. The van der Waals surface area contributed by atoms with Crippen LogP contribution in [0.15, 0.2) is 101 Å². The minimum absolute atomic E-state index is 0.154. The van der Waals surface area contributed by atoms with Gasteiger partial charge in [-0.3, -0.25) is 4.79 Å². The van der Waals surface area contributed by atoms with Crippen molar-refractivity contribution in [2.45, 2.75) is 16.7 Å². The van der Waals surface area contributed by atoms with Crippen LogP contribution in [-0.2, 0) is 13.7 Å². The second-order valence-corrected chi connectivity index (χ2v) is 7.68. The number of benzene rings is 3. The lowest BCUT2D eigenvalue weighted by molar-refractivity contribution is 0.102. The van der Waals surface area contributed by atoms with Crippen LogP contribution in [0.1, 0.15) is 15.9 Å². The summed E-state index contributed by atoms with van der Waals surface area (Å²) < 4.78 is 7.70. The molecule has 0 atom stereocenters. The van der Waals surface area contributed by atoms with Crippen LogP contribution >= 0.6 is 11.8 Å². The molecule has 0 fully saturated rings. The third-order valence-electron chi connectivity index (χ3n) is 4.48. The first kappa shape index (κ1) is 19.8. The predicted octanol–water partition coefficient (Wildman–Crippen LogP) is 5.40. The fourth-order valence-electron chi connectivity index (χ4n) is 2.84. The Hall–Kier alpha value is -3.51. The van der Waals surface area contributed by atoms with Crippen LogP contribution in [0.4, 0.5) is 5.69 Å². The highest BCUT2D eigenvalue weighted by Crippen LogP contribution is 2.32. The average molecular weight is 416 g/mol. The number of hydrogen-bond acceptors (Lipinski definition) is 4. The molecular formula is C24H21N3O2S. The van der Waals surface area contributed by atoms with Crippen LogP contribution in [0.3, 0.4) is 0 Å². The van der Waals surface area contributed by atoms with Gasteiger partial charge in [0.2, 0.25) is 0 Å². The van der Waals surface area contributed by atoms with E-state index in [1.165, 1.54) is 11.8 Å². The Bertz CT molecular complexity index is 1120. The van der Waals surface area contributed by atoms with Crippen molar-refractivity contribution in [3.05, 3.63) is 102 Å². The number of anilines is 1. The van der Waals surface area contributed by atoms with Gasteiger partial charge in [0.25, 0.3) is 5.91 Å². The molecular weight excluding hydrogens is 394 g/mol. The zero-order chi connectivity index (χ0) is 20.8. The summed E-state index contributed by atoms with van der Waals surface area (Å²) in [6.45, 7) is 0.453. The standard InChI is InChI=1S/C24H21N3O2S/c1-27-16-15-25-24(27)30-22-10-6-5-9-21(22)26-23(28)19-13-11-18(12-14-19)17-29-20-7-3-2-4-8-20/h2-16H,17H2,1H3,(H,26,28). The molecule has 150 valence electrons. The normalized spacial score (nSPS) is 10.6. The van der Waals surface area contributed by atoms with Crippen molar-refractivity contribution in [3.8, 4) is 5.75 Å². The summed E-state index contributed by atoms with van der Waals surface area (Å²) in [5.74, 6) is 0.666. The van der Waals surface area contributed by atoms with Crippen molar-refractivity contribution < 1.29 is 9.53 Å². The van der Waals surface area contributed by atoms with E-state index in [1.807, 2.05) is 96.7 Å². The first-order chi connectivity index (χ1) is 14.7. The molecule has 4 rings (SSSR count). The van der Waals surface area contributed by atoms with E-state index >= 15 is 0 Å². The number of amides is 1. The number of carbonyl (C=O) groups is 1. The number of aromatic nitrogens is 2. The maximum Gasteiger partial charge on any atom is 0.255 e. The molecule has 0 unspecified atom stereocenters. The van der Waals surface area contributed by atoms with Crippen LogP contribution in [0.25, 0.3) is 0 Å². The summed E-state index contributed by atoms with van der Waals surface area (Å²) in [6.07, 6.45) is 3.65. The number of hydrogen-bond donors (Lipinski definition) is 1. The number of aryl methyl sites for hydroxylation is 1. The topological polar surface area (TPSA) is 56.2 Å². The molecule has 1 aromatic heterocycles. The van der Waals surface area contributed by atoms with Gasteiger partial charge in [-0.25, -0.2) is 4.98 Å². The zero-order valence-corrected chi connectivity index (χ0v) is 17.3. The van der Waals surface area contributed by atoms with E-state index in [4.69, 9.17) is 4.74 Å². The zero-order valence-electron chi connectivity index (χ0n) is 16.5. The first-order valence-electron chi connectivity index (χ1n) is 9.51. The van der Waals surface area contributed by atoms with Gasteiger partial charge >= 0.3 is 0 Å². The summed E-state index contributed by atoms with van der Waals surface area (Å²) in [4.78, 5) is 18.0. The van der Waals surface area contributed by atoms with E-state index < -0.39 is 0 Å². The maximum absolute atomic E-state index is 12.8. The van der Waals surface area contributed by atoms with Crippen molar-refractivity contribution in [3.63, 3.8) is 0 Å². The van der Waals surface area contributed by atoms with Gasteiger partial charge in [0.05, 0.1) is 5.69 Å². The van der Waals surface area contributed by atoms with Crippen LogP contribution in [-0.4, -0.2) is 15.5 Å². The Balaban J connectivity index is 1.41. The van der Waals surface area contributed by atoms with Crippen LogP contribution < -0.4 is 10.1 Å². The number of rotatable bonds is 7. The highest BCUT2D eigenvalue weighted by atomic mass is 32.2. The summed E-state index contributed by atoms with van der Waals surface area (Å²) >= 11 is 1.51. The molecule has 1 amide bonds. The summed E-state index contributed by atoms with van der Waals surface area (Å²) in [5.41, 5.74) is 2.35. The molecule has 0 aliphatic carbocycles. The third-order valence-corrected chi connectivity index (χ3v) is 5.63. The van der Waals surface area contributed by atoms with Gasteiger partial charge in [-0.2, -0.15) is 0 Å². The van der Waals surface area contributed by atoms with Crippen LogP contribution in [0.5, 0.6) is 5.75 Å². The van der Waals surface area contributed by atoms with Gasteiger partial charge in [0.15, 0.2) is 5.16 Å². The Kier molecular flexibility index (Phi) is 6.15. The van der Waals surface area contributed by atoms with E-state index in [0.717, 1.165) is 27.1 Å². The van der Waals surface area contributed by atoms with Crippen molar-refractivity contribution >= 4 is 23.4 Å². The fourth-order valence-corrected chi connectivity index (χ4v) is 3.73. The molecule has 0 aliphatic heterocycles. The van der Waals surface area contributed by atoms with Gasteiger partial charge in [-0.15, -0.1) is 0 Å². The van der Waals surface area contributed by atoms with E-state index in [0.29, 0.717) is 12.2 Å². The third kappa shape index (κ3) is 4.90. The first-order valence-corrected chi connectivity index (χ1v) is 10.3. The van der Waals surface area contributed by atoms with Crippen molar-refractivity contribution in [1.29, 1.82) is 0 Å². The second-order valence-electron chi connectivity index (χ2n) is 6.67. The quantitative estimate of drug-likeness (QED) is 0.439. The number of carbonyl (C=O) groups excluding carboxylic acids is 1. The van der Waals surface area contributed by atoms with E-state index in [1.54, 1.807) is 6.20 Å². The van der Waals surface area contributed by atoms with Crippen molar-refractivity contribution in [1.82, 2.24) is 9.55 Å². The lowest BCUT2D eigenvalue weighted by Gasteiger charge is -2.11. The molecule has 0 saturated carbocycles. The Morgan fingerprint density at radius 3 is 2.47 bits per heavy atom. The molecule has 0 aliphatic rings. The second kappa shape index (κ2) is 9.33. The van der Waals surface area contributed by atoms with E-state index in [-0.39, 0.29) is 5.91 Å². The van der Waals surface area contributed by atoms with Crippen LogP contribution in [0.2, 0.25) is 0 Å². The molecule has 0 radical (unpaired) electrons. The maximum atomic E-state index is 12.8. The molecule has 5 nitrogen and oxygen atoms in total. The van der Waals surface area contributed by atoms with Crippen molar-refractivity contribution in [2.24, 2.45) is 7.05 Å². The number of para-hydroxylation sites is 2. The monoisotopic (exact) mass is 415 g/mol. The highest BCUT2D eigenvalue weighted by Gasteiger charge is 2.11. The SMILES string of the molecule is Cn1ccnc1Sc1ccccc1NC(=O)c1ccc(COc2ccccc2)cc1. The molecule has 0 spiro atoms. The fraction of sp³-hybridized carbons (Fsp3) is 0.0833. The molecule has 0 saturated heterocycles. The Morgan fingerprint density at radius 1 is 1.00 bits per heavy atom. The highest BCUT2D eigenvalue weighted by molar-refractivity contribution is 7.99. The number of imidazole rings is 1. The smallest absolute Gasteiger partial charge is 0.255 e. The van der Waals surface area contributed by atoms with E-state index in [2.05, 4.69) is 10.3 Å². The number of ether oxygens (including phenoxy) is 1. The number of nitrogens with one attached hydrogen (secondary N) is 1.